The number of hydrogen-bond donors (Lipinski definition) is 2. The maximum atomic E-state index is 10.0. The molecule has 1 atom stereocenters. The van der Waals surface area contributed by atoms with Gasteiger partial charge in [-0.15, -0.1) is 0 Å². The average molecular weight is 277 g/mol. The summed E-state index contributed by atoms with van der Waals surface area (Å²) in [6.07, 6.45) is 6.99. The van der Waals surface area contributed by atoms with Gasteiger partial charge in [-0.1, -0.05) is 43.9 Å². The van der Waals surface area contributed by atoms with E-state index in [1.165, 1.54) is 31.2 Å². The number of hydrogen-bond acceptors (Lipinski definition) is 3. The molecule has 2 N–H and O–H groups in total. The largest absolute Gasteiger partial charge is 0.496 e. The van der Waals surface area contributed by atoms with Gasteiger partial charge in [0.25, 0.3) is 0 Å². The van der Waals surface area contributed by atoms with Gasteiger partial charge in [-0.3, -0.25) is 0 Å². The van der Waals surface area contributed by atoms with Crippen LogP contribution in [0.5, 0.6) is 5.75 Å². The van der Waals surface area contributed by atoms with Crippen molar-refractivity contribution in [1.29, 1.82) is 0 Å². The second-order valence-corrected chi connectivity index (χ2v) is 5.81. The van der Waals surface area contributed by atoms with Crippen LogP contribution in [0.25, 0.3) is 0 Å². The van der Waals surface area contributed by atoms with Crippen molar-refractivity contribution in [3.05, 3.63) is 29.8 Å². The van der Waals surface area contributed by atoms with Crippen LogP contribution in [-0.2, 0) is 6.42 Å². The van der Waals surface area contributed by atoms with Crippen molar-refractivity contribution in [3.63, 3.8) is 0 Å². The second-order valence-electron chi connectivity index (χ2n) is 5.81. The van der Waals surface area contributed by atoms with Crippen LogP contribution >= 0.6 is 0 Å². The fourth-order valence-corrected chi connectivity index (χ4v) is 3.12. The van der Waals surface area contributed by atoms with Gasteiger partial charge in [-0.25, -0.2) is 0 Å². The van der Waals surface area contributed by atoms with Gasteiger partial charge in [0.2, 0.25) is 0 Å². The quantitative estimate of drug-likeness (QED) is 0.718. The average Bonchev–Trinajstić information content (AvgIpc) is 2.97. The number of ether oxygens (including phenoxy) is 1. The highest BCUT2D eigenvalue weighted by Crippen LogP contribution is 2.28. The summed E-state index contributed by atoms with van der Waals surface area (Å²) >= 11 is 0. The number of rotatable bonds is 8. The first-order valence-corrected chi connectivity index (χ1v) is 7.80. The van der Waals surface area contributed by atoms with E-state index in [9.17, 15) is 5.11 Å². The minimum absolute atomic E-state index is 0.198. The van der Waals surface area contributed by atoms with Gasteiger partial charge in [0.15, 0.2) is 0 Å². The lowest BCUT2D eigenvalue weighted by Gasteiger charge is -2.16. The molecule has 2 rings (SSSR count). The molecule has 1 aromatic rings. The monoisotopic (exact) mass is 277 g/mol. The predicted octanol–water partition coefficient (Wildman–Crippen LogP) is 2.77. The Labute approximate surface area is 122 Å². The Kier molecular flexibility index (Phi) is 6.34. The van der Waals surface area contributed by atoms with E-state index in [1.54, 1.807) is 7.11 Å². The Morgan fingerprint density at radius 1 is 1.30 bits per heavy atom. The molecule has 1 aromatic carbocycles. The molecule has 1 saturated carbocycles. The number of nitrogens with one attached hydrogen (secondary N) is 1. The number of aliphatic hydroxyl groups is 1. The van der Waals surface area contributed by atoms with Gasteiger partial charge in [-0.05, 0) is 36.9 Å². The summed E-state index contributed by atoms with van der Waals surface area (Å²) in [7, 11) is 1.71. The van der Waals surface area contributed by atoms with Crippen molar-refractivity contribution < 1.29 is 9.84 Å². The smallest absolute Gasteiger partial charge is 0.122 e. The third-order valence-electron chi connectivity index (χ3n) is 4.22. The summed E-state index contributed by atoms with van der Waals surface area (Å²) in [5, 5.41) is 13.4. The van der Waals surface area contributed by atoms with Crippen LogP contribution in [0, 0.1) is 5.92 Å². The number of para-hydroxylation sites is 1. The Balaban J connectivity index is 1.63. The SMILES string of the molecule is COc1ccccc1CCNCC(O)CC1CCCC1. The molecule has 112 valence electrons. The van der Waals surface area contributed by atoms with Crippen molar-refractivity contribution in [2.75, 3.05) is 20.2 Å². The second kappa shape index (κ2) is 8.28. The molecular formula is C17H27NO2. The topological polar surface area (TPSA) is 41.5 Å². The van der Waals surface area contributed by atoms with E-state index in [-0.39, 0.29) is 6.10 Å². The van der Waals surface area contributed by atoms with Crippen LogP contribution in [0.15, 0.2) is 24.3 Å². The van der Waals surface area contributed by atoms with Gasteiger partial charge in [0.1, 0.15) is 5.75 Å². The van der Waals surface area contributed by atoms with E-state index >= 15 is 0 Å². The Morgan fingerprint density at radius 3 is 2.80 bits per heavy atom. The van der Waals surface area contributed by atoms with Crippen LogP contribution in [0.4, 0.5) is 0 Å². The van der Waals surface area contributed by atoms with Crippen LogP contribution in [0.3, 0.4) is 0 Å². The van der Waals surface area contributed by atoms with Gasteiger partial charge >= 0.3 is 0 Å². The van der Waals surface area contributed by atoms with E-state index < -0.39 is 0 Å². The number of methoxy groups -OCH3 is 1. The summed E-state index contributed by atoms with van der Waals surface area (Å²) in [4.78, 5) is 0. The van der Waals surface area contributed by atoms with Crippen molar-refractivity contribution in [1.82, 2.24) is 5.32 Å². The molecule has 0 aliphatic heterocycles. The summed E-state index contributed by atoms with van der Waals surface area (Å²) in [6.45, 7) is 1.58. The van der Waals surface area contributed by atoms with Gasteiger partial charge < -0.3 is 15.2 Å². The van der Waals surface area contributed by atoms with Crippen LogP contribution in [0.2, 0.25) is 0 Å². The zero-order valence-corrected chi connectivity index (χ0v) is 12.5. The highest BCUT2D eigenvalue weighted by Gasteiger charge is 2.18. The lowest BCUT2D eigenvalue weighted by atomic mass is 10.00. The van der Waals surface area contributed by atoms with Crippen molar-refractivity contribution in [2.24, 2.45) is 5.92 Å². The molecule has 0 spiro atoms. The van der Waals surface area contributed by atoms with E-state index in [2.05, 4.69) is 11.4 Å². The summed E-state index contributed by atoms with van der Waals surface area (Å²) in [5.74, 6) is 1.70. The summed E-state index contributed by atoms with van der Waals surface area (Å²) in [6, 6.07) is 8.10. The van der Waals surface area contributed by atoms with Crippen molar-refractivity contribution in [3.8, 4) is 5.75 Å². The first-order valence-electron chi connectivity index (χ1n) is 7.80. The summed E-state index contributed by atoms with van der Waals surface area (Å²) < 4.78 is 5.33. The minimum Gasteiger partial charge on any atom is -0.496 e. The van der Waals surface area contributed by atoms with Gasteiger partial charge in [0, 0.05) is 6.54 Å². The lowest BCUT2D eigenvalue weighted by Crippen LogP contribution is -2.29. The molecule has 3 heteroatoms. The van der Waals surface area contributed by atoms with Gasteiger partial charge in [-0.2, -0.15) is 0 Å². The third kappa shape index (κ3) is 4.80. The standard InChI is InChI=1S/C17H27NO2/c1-20-17-9-5-4-8-15(17)10-11-18-13-16(19)12-14-6-2-3-7-14/h4-5,8-9,14,16,18-19H,2-3,6-7,10-13H2,1H3. The highest BCUT2D eigenvalue weighted by molar-refractivity contribution is 5.33. The zero-order valence-electron chi connectivity index (χ0n) is 12.5. The Bertz CT molecular complexity index is 388. The Hall–Kier alpha value is -1.06. The molecule has 1 aliphatic carbocycles. The highest BCUT2D eigenvalue weighted by atomic mass is 16.5. The summed E-state index contributed by atoms with van der Waals surface area (Å²) in [5.41, 5.74) is 1.22. The molecule has 0 aromatic heterocycles. The maximum absolute atomic E-state index is 10.0. The molecule has 1 unspecified atom stereocenters. The van der Waals surface area contributed by atoms with Crippen LogP contribution in [0.1, 0.15) is 37.7 Å². The molecule has 0 amide bonds. The molecule has 0 heterocycles. The van der Waals surface area contributed by atoms with Crippen molar-refractivity contribution >= 4 is 0 Å². The first kappa shape index (κ1) is 15.3. The Morgan fingerprint density at radius 2 is 2.05 bits per heavy atom. The molecule has 3 nitrogen and oxygen atoms in total. The molecule has 1 fully saturated rings. The molecule has 20 heavy (non-hydrogen) atoms. The first-order chi connectivity index (χ1) is 9.79. The van der Waals surface area contributed by atoms with Crippen molar-refractivity contribution in [2.45, 2.75) is 44.6 Å². The number of benzene rings is 1. The zero-order chi connectivity index (χ0) is 14.2. The van der Waals surface area contributed by atoms with E-state index in [4.69, 9.17) is 4.74 Å². The van der Waals surface area contributed by atoms with E-state index in [0.717, 1.165) is 31.1 Å². The van der Waals surface area contributed by atoms with E-state index in [1.807, 2.05) is 18.2 Å². The maximum Gasteiger partial charge on any atom is 0.122 e. The minimum atomic E-state index is -0.198. The molecule has 0 bridgehead atoms. The fourth-order valence-electron chi connectivity index (χ4n) is 3.12. The molecule has 1 aliphatic rings. The van der Waals surface area contributed by atoms with Gasteiger partial charge in [0.05, 0.1) is 13.2 Å². The molecule has 0 saturated heterocycles. The third-order valence-corrected chi connectivity index (χ3v) is 4.22. The number of aliphatic hydroxyl groups excluding tert-OH is 1. The normalized spacial score (nSPS) is 17.3. The lowest BCUT2D eigenvalue weighted by molar-refractivity contribution is 0.141. The molecule has 0 radical (unpaired) electrons. The fraction of sp³-hybridized carbons (Fsp3) is 0.647. The van der Waals surface area contributed by atoms with E-state index in [0.29, 0.717) is 6.54 Å². The molecular weight excluding hydrogens is 250 g/mol. The van der Waals surface area contributed by atoms with Crippen LogP contribution in [-0.4, -0.2) is 31.4 Å². The predicted molar refractivity (Wildman–Crippen MR) is 82.1 cm³/mol. The van der Waals surface area contributed by atoms with Crippen LogP contribution < -0.4 is 10.1 Å².